The molecule has 1 N–H and O–H groups in total. The van der Waals surface area contributed by atoms with Gasteiger partial charge < -0.3 is 10.0 Å². The van der Waals surface area contributed by atoms with Gasteiger partial charge in [0.1, 0.15) is 0 Å². The van der Waals surface area contributed by atoms with E-state index < -0.39 is 5.97 Å². The number of hydrogen-bond donors (Lipinski definition) is 1. The van der Waals surface area contributed by atoms with Crippen LogP contribution in [0.3, 0.4) is 0 Å². The molecule has 92 valence electrons. The maximum Gasteiger partial charge on any atom is 0.305 e. The minimum absolute atomic E-state index is 0.0252. The number of amides is 1. The molecule has 5 heteroatoms. The van der Waals surface area contributed by atoms with Gasteiger partial charge in [0, 0.05) is 18.1 Å². The molecule has 0 unspecified atom stereocenters. The van der Waals surface area contributed by atoms with Gasteiger partial charge in [-0.1, -0.05) is 28.1 Å². The number of carboxylic acids is 1. The Bertz CT molecular complexity index is 403. The van der Waals surface area contributed by atoms with Gasteiger partial charge >= 0.3 is 5.97 Å². The van der Waals surface area contributed by atoms with E-state index in [-0.39, 0.29) is 18.9 Å². The third kappa shape index (κ3) is 4.99. The van der Waals surface area contributed by atoms with Crippen molar-refractivity contribution < 1.29 is 14.7 Å². The Morgan fingerprint density at radius 2 is 1.88 bits per heavy atom. The lowest BCUT2D eigenvalue weighted by atomic mass is 10.1. The van der Waals surface area contributed by atoms with Crippen molar-refractivity contribution in [1.29, 1.82) is 0 Å². The highest BCUT2D eigenvalue weighted by molar-refractivity contribution is 9.10. The SMILES string of the molecule is CN(CCC(=O)O)C(=O)Cc1ccc(Br)cc1. The van der Waals surface area contributed by atoms with Crippen LogP contribution in [0.2, 0.25) is 0 Å². The normalized spacial score (nSPS) is 10.0. The van der Waals surface area contributed by atoms with Crippen molar-refractivity contribution in [3.8, 4) is 0 Å². The van der Waals surface area contributed by atoms with Crippen molar-refractivity contribution in [3.63, 3.8) is 0 Å². The number of carbonyl (C=O) groups excluding carboxylic acids is 1. The van der Waals surface area contributed by atoms with Crippen LogP contribution in [0.5, 0.6) is 0 Å². The first kappa shape index (κ1) is 13.7. The van der Waals surface area contributed by atoms with Gasteiger partial charge in [0.2, 0.25) is 5.91 Å². The lowest BCUT2D eigenvalue weighted by Gasteiger charge is -2.15. The predicted molar refractivity (Wildman–Crippen MR) is 67.7 cm³/mol. The van der Waals surface area contributed by atoms with E-state index in [1.807, 2.05) is 24.3 Å². The summed E-state index contributed by atoms with van der Waals surface area (Å²) in [6.07, 6.45) is 0.270. The predicted octanol–water partition coefficient (Wildman–Crippen LogP) is 1.92. The second kappa shape index (κ2) is 6.39. The van der Waals surface area contributed by atoms with Crippen LogP contribution in [0, 0.1) is 0 Å². The Morgan fingerprint density at radius 3 is 2.41 bits per heavy atom. The number of rotatable bonds is 5. The van der Waals surface area contributed by atoms with E-state index >= 15 is 0 Å². The molecule has 0 aliphatic rings. The van der Waals surface area contributed by atoms with Gasteiger partial charge in [0.25, 0.3) is 0 Å². The first-order chi connectivity index (χ1) is 7.99. The Balaban J connectivity index is 2.48. The number of halogens is 1. The van der Waals surface area contributed by atoms with Crippen LogP contribution in [0.15, 0.2) is 28.7 Å². The Hall–Kier alpha value is -1.36. The zero-order valence-corrected chi connectivity index (χ0v) is 11.1. The summed E-state index contributed by atoms with van der Waals surface area (Å²) < 4.78 is 0.966. The minimum Gasteiger partial charge on any atom is -0.481 e. The summed E-state index contributed by atoms with van der Waals surface area (Å²) >= 11 is 3.32. The molecule has 0 atom stereocenters. The lowest BCUT2D eigenvalue weighted by Crippen LogP contribution is -2.30. The van der Waals surface area contributed by atoms with E-state index in [0.717, 1.165) is 10.0 Å². The van der Waals surface area contributed by atoms with E-state index in [2.05, 4.69) is 15.9 Å². The van der Waals surface area contributed by atoms with Crippen LogP contribution in [-0.2, 0) is 16.0 Å². The van der Waals surface area contributed by atoms with Crippen molar-refractivity contribution in [2.45, 2.75) is 12.8 Å². The van der Waals surface area contributed by atoms with Crippen LogP contribution in [0.25, 0.3) is 0 Å². The second-order valence-corrected chi connectivity index (χ2v) is 4.68. The topological polar surface area (TPSA) is 57.6 Å². The number of aliphatic carboxylic acids is 1. The molecule has 1 aromatic rings. The van der Waals surface area contributed by atoms with Gasteiger partial charge in [0.05, 0.1) is 12.8 Å². The Morgan fingerprint density at radius 1 is 1.29 bits per heavy atom. The zero-order valence-electron chi connectivity index (χ0n) is 9.52. The third-order valence-electron chi connectivity index (χ3n) is 2.36. The van der Waals surface area contributed by atoms with Crippen molar-refractivity contribution in [2.75, 3.05) is 13.6 Å². The molecular weight excluding hydrogens is 286 g/mol. The minimum atomic E-state index is -0.895. The lowest BCUT2D eigenvalue weighted by molar-refractivity contribution is -0.138. The van der Waals surface area contributed by atoms with Crippen LogP contribution in [0.4, 0.5) is 0 Å². The molecule has 0 saturated carbocycles. The summed E-state index contributed by atoms with van der Waals surface area (Å²) in [6.45, 7) is 0.241. The fraction of sp³-hybridized carbons (Fsp3) is 0.333. The molecular formula is C12H14BrNO3. The van der Waals surface area contributed by atoms with Crippen LogP contribution >= 0.6 is 15.9 Å². The molecule has 0 bridgehead atoms. The molecule has 0 aliphatic carbocycles. The molecule has 1 aromatic carbocycles. The number of carbonyl (C=O) groups is 2. The van der Waals surface area contributed by atoms with Gasteiger partial charge in [-0.25, -0.2) is 0 Å². The van der Waals surface area contributed by atoms with E-state index in [1.54, 1.807) is 7.05 Å². The third-order valence-corrected chi connectivity index (χ3v) is 2.88. The van der Waals surface area contributed by atoms with E-state index in [0.29, 0.717) is 6.42 Å². The molecule has 0 heterocycles. The molecule has 1 amide bonds. The number of hydrogen-bond acceptors (Lipinski definition) is 2. The number of carboxylic acid groups (broad SMARTS) is 1. The van der Waals surface area contributed by atoms with Crippen LogP contribution in [-0.4, -0.2) is 35.5 Å². The average molecular weight is 300 g/mol. The number of nitrogens with zero attached hydrogens (tertiary/aromatic N) is 1. The van der Waals surface area contributed by atoms with Crippen LogP contribution < -0.4 is 0 Å². The standard InChI is InChI=1S/C12H14BrNO3/c1-14(7-6-12(16)17)11(15)8-9-2-4-10(13)5-3-9/h2-5H,6-8H2,1H3,(H,16,17). The summed E-state index contributed by atoms with van der Waals surface area (Å²) in [5.41, 5.74) is 0.917. The summed E-state index contributed by atoms with van der Waals surface area (Å²) in [4.78, 5) is 23.6. The molecule has 17 heavy (non-hydrogen) atoms. The summed E-state index contributed by atoms with van der Waals surface area (Å²) in [5.74, 6) is -0.970. The van der Waals surface area contributed by atoms with E-state index in [4.69, 9.17) is 5.11 Å². The van der Waals surface area contributed by atoms with Gasteiger partial charge in [-0.05, 0) is 17.7 Å². The molecule has 4 nitrogen and oxygen atoms in total. The highest BCUT2D eigenvalue weighted by Crippen LogP contribution is 2.11. The first-order valence-corrected chi connectivity index (χ1v) is 5.98. The van der Waals surface area contributed by atoms with Gasteiger partial charge in [-0.3, -0.25) is 9.59 Å². The van der Waals surface area contributed by atoms with Gasteiger partial charge in [-0.15, -0.1) is 0 Å². The molecule has 0 saturated heterocycles. The summed E-state index contributed by atoms with van der Waals surface area (Å²) in [5, 5.41) is 8.52. The highest BCUT2D eigenvalue weighted by Gasteiger charge is 2.10. The largest absolute Gasteiger partial charge is 0.481 e. The maximum atomic E-state index is 11.7. The highest BCUT2D eigenvalue weighted by atomic mass is 79.9. The van der Waals surface area contributed by atoms with Gasteiger partial charge in [0.15, 0.2) is 0 Å². The second-order valence-electron chi connectivity index (χ2n) is 3.76. The molecule has 0 spiro atoms. The van der Waals surface area contributed by atoms with Crippen molar-refractivity contribution in [3.05, 3.63) is 34.3 Å². The van der Waals surface area contributed by atoms with Crippen molar-refractivity contribution in [1.82, 2.24) is 4.90 Å². The van der Waals surface area contributed by atoms with Crippen molar-refractivity contribution in [2.24, 2.45) is 0 Å². The Labute approximate surface area is 108 Å². The smallest absolute Gasteiger partial charge is 0.305 e. The quantitative estimate of drug-likeness (QED) is 0.904. The first-order valence-electron chi connectivity index (χ1n) is 5.19. The van der Waals surface area contributed by atoms with Gasteiger partial charge in [-0.2, -0.15) is 0 Å². The fourth-order valence-electron chi connectivity index (χ4n) is 1.30. The fourth-order valence-corrected chi connectivity index (χ4v) is 1.56. The average Bonchev–Trinajstić information content (AvgIpc) is 2.28. The number of likely N-dealkylation sites (N-methyl/N-ethyl adjacent to an activating group) is 1. The molecule has 0 fully saturated rings. The van der Waals surface area contributed by atoms with E-state index in [1.165, 1.54) is 4.90 Å². The summed E-state index contributed by atoms with van der Waals surface area (Å²) in [6, 6.07) is 7.49. The zero-order chi connectivity index (χ0) is 12.8. The molecule has 0 aromatic heterocycles. The Kier molecular flexibility index (Phi) is 5.15. The van der Waals surface area contributed by atoms with Crippen molar-refractivity contribution >= 4 is 27.8 Å². The molecule has 1 rings (SSSR count). The van der Waals surface area contributed by atoms with E-state index in [9.17, 15) is 9.59 Å². The number of benzene rings is 1. The maximum absolute atomic E-state index is 11.7. The molecule has 0 aliphatic heterocycles. The van der Waals surface area contributed by atoms with Crippen LogP contribution in [0.1, 0.15) is 12.0 Å². The molecule has 0 radical (unpaired) electrons. The monoisotopic (exact) mass is 299 g/mol. The summed E-state index contributed by atoms with van der Waals surface area (Å²) in [7, 11) is 1.62.